The molecule has 1 fully saturated rings. The van der Waals surface area contributed by atoms with E-state index in [1.165, 1.54) is 29.4 Å². The lowest BCUT2D eigenvalue weighted by molar-refractivity contribution is -0.118. The Balaban J connectivity index is 2.33. The van der Waals surface area contributed by atoms with Gasteiger partial charge in [0.15, 0.2) is 0 Å². The second-order valence-electron chi connectivity index (χ2n) is 5.13. The maximum atomic E-state index is 13.2. The highest BCUT2D eigenvalue weighted by Crippen LogP contribution is 2.27. The van der Waals surface area contributed by atoms with E-state index in [9.17, 15) is 17.6 Å². The van der Waals surface area contributed by atoms with Crippen molar-refractivity contribution < 1.29 is 17.6 Å². The Bertz CT molecular complexity index is 600. The number of nitrogens with zero attached hydrogens (tertiary/aromatic N) is 1. The van der Waals surface area contributed by atoms with Gasteiger partial charge in [-0.15, -0.1) is 0 Å². The van der Waals surface area contributed by atoms with Gasteiger partial charge in [0.1, 0.15) is 11.6 Å². The molecule has 4 nitrogen and oxygen atoms in total. The molecule has 1 aromatic carbocycles. The first-order chi connectivity index (χ1) is 9.41. The van der Waals surface area contributed by atoms with E-state index < -0.39 is 15.8 Å². The molecule has 0 N–H and O–H groups in total. The summed E-state index contributed by atoms with van der Waals surface area (Å²) in [7, 11) is -3.74. The van der Waals surface area contributed by atoms with Gasteiger partial charge in [-0.3, -0.25) is 4.79 Å². The van der Waals surface area contributed by atoms with Crippen LogP contribution in [0.2, 0.25) is 0 Å². The zero-order valence-electron chi connectivity index (χ0n) is 11.4. The fourth-order valence-electron chi connectivity index (χ4n) is 2.59. The topological polar surface area (TPSA) is 54.5 Å². The number of hydrogen-bond donors (Lipinski definition) is 0. The van der Waals surface area contributed by atoms with Gasteiger partial charge in [-0.05, 0) is 38.0 Å². The van der Waals surface area contributed by atoms with Gasteiger partial charge in [-0.1, -0.05) is 12.5 Å². The van der Waals surface area contributed by atoms with Crippen molar-refractivity contribution in [3.63, 3.8) is 0 Å². The smallest absolute Gasteiger partial charge is 0.243 e. The first-order valence-corrected chi connectivity index (χ1v) is 8.12. The molecular weight excluding hydrogens is 281 g/mol. The van der Waals surface area contributed by atoms with Gasteiger partial charge < -0.3 is 0 Å². The number of hydrogen-bond acceptors (Lipinski definition) is 3. The molecule has 0 radical (unpaired) electrons. The average molecular weight is 299 g/mol. The zero-order valence-corrected chi connectivity index (χ0v) is 12.2. The minimum Gasteiger partial charge on any atom is -0.300 e. The minimum absolute atomic E-state index is 0.0312. The van der Waals surface area contributed by atoms with E-state index in [-0.39, 0.29) is 23.1 Å². The van der Waals surface area contributed by atoms with Gasteiger partial charge in [-0.2, -0.15) is 4.31 Å². The highest BCUT2D eigenvalue weighted by molar-refractivity contribution is 7.89. The van der Waals surface area contributed by atoms with Crippen LogP contribution in [0.5, 0.6) is 0 Å². The minimum atomic E-state index is -3.74. The summed E-state index contributed by atoms with van der Waals surface area (Å²) in [5.41, 5.74) is 0. The lowest BCUT2D eigenvalue weighted by Crippen LogP contribution is -2.44. The van der Waals surface area contributed by atoms with Crippen LogP contribution < -0.4 is 0 Å². The molecule has 1 aliphatic heterocycles. The molecule has 2 rings (SSSR count). The van der Waals surface area contributed by atoms with Crippen molar-refractivity contribution in [3.05, 3.63) is 30.1 Å². The van der Waals surface area contributed by atoms with Crippen LogP contribution in [0.15, 0.2) is 29.2 Å². The molecule has 0 aromatic heterocycles. The van der Waals surface area contributed by atoms with Crippen molar-refractivity contribution in [1.29, 1.82) is 0 Å². The number of Topliss-reactive ketones (excluding diaryl/α,β-unsaturated/α-hetero) is 1. The predicted molar refractivity (Wildman–Crippen MR) is 73.2 cm³/mol. The van der Waals surface area contributed by atoms with Crippen LogP contribution in [0.3, 0.4) is 0 Å². The fraction of sp³-hybridized carbons (Fsp3) is 0.500. The van der Waals surface area contributed by atoms with Gasteiger partial charge in [0, 0.05) is 19.0 Å². The SMILES string of the molecule is CC(=O)CC1CCCCN1S(=O)(=O)c1cccc(F)c1. The molecule has 1 unspecified atom stereocenters. The molecular formula is C14H18FNO3S. The number of carbonyl (C=O) groups is 1. The average Bonchev–Trinajstić information content (AvgIpc) is 2.38. The summed E-state index contributed by atoms with van der Waals surface area (Å²) in [6.07, 6.45) is 2.57. The van der Waals surface area contributed by atoms with E-state index in [1.54, 1.807) is 0 Å². The van der Waals surface area contributed by atoms with E-state index in [4.69, 9.17) is 0 Å². The molecule has 0 amide bonds. The first kappa shape index (κ1) is 15.1. The maximum Gasteiger partial charge on any atom is 0.243 e. The second kappa shape index (κ2) is 6.01. The maximum absolute atomic E-state index is 13.2. The van der Waals surface area contributed by atoms with Crippen LogP contribution in [0, 0.1) is 5.82 Å². The summed E-state index contributed by atoms with van der Waals surface area (Å²) < 4.78 is 39.7. The third-order valence-electron chi connectivity index (χ3n) is 3.50. The summed E-state index contributed by atoms with van der Waals surface area (Å²) in [4.78, 5) is 11.2. The Hall–Kier alpha value is -1.27. The van der Waals surface area contributed by atoms with Crippen LogP contribution in [0.4, 0.5) is 4.39 Å². The van der Waals surface area contributed by atoms with E-state index in [1.807, 2.05) is 0 Å². The third-order valence-corrected chi connectivity index (χ3v) is 5.45. The predicted octanol–water partition coefficient (Wildman–Crippen LogP) is 2.35. The van der Waals surface area contributed by atoms with Crippen molar-refractivity contribution in [1.82, 2.24) is 4.31 Å². The molecule has 20 heavy (non-hydrogen) atoms. The van der Waals surface area contributed by atoms with Gasteiger partial charge in [0.25, 0.3) is 0 Å². The number of piperidine rings is 1. The quantitative estimate of drug-likeness (QED) is 0.857. The van der Waals surface area contributed by atoms with E-state index >= 15 is 0 Å². The number of ketones is 1. The second-order valence-corrected chi connectivity index (χ2v) is 7.02. The van der Waals surface area contributed by atoms with Crippen molar-refractivity contribution in [2.45, 2.75) is 43.5 Å². The van der Waals surface area contributed by atoms with Crippen molar-refractivity contribution in [2.24, 2.45) is 0 Å². The Labute approximate surface area is 118 Å². The van der Waals surface area contributed by atoms with E-state index in [0.717, 1.165) is 18.9 Å². The van der Waals surface area contributed by atoms with Crippen LogP contribution in [0.25, 0.3) is 0 Å². The molecule has 1 heterocycles. The van der Waals surface area contributed by atoms with Crippen LogP contribution in [-0.4, -0.2) is 31.1 Å². The summed E-state index contributed by atoms with van der Waals surface area (Å²) >= 11 is 0. The molecule has 0 bridgehead atoms. The highest BCUT2D eigenvalue weighted by atomic mass is 32.2. The summed E-state index contributed by atoms with van der Waals surface area (Å²) in [5, 5.41) is 0. The number of halogens is 1. The summed E-state index contributed by atoms with van der Waals surface area (Å²) in [5.74, 6) is -0.609. The van der Waals surface area contributed by atoms with Crippen molar-refractivity contribution >= 4 is 15.8 Å². The van der Waals surface area contributed by atoms with Crippen LogP contribution >= 0.6 is 0 Å². The molecule has 1 aliphatic rings. The Morgan fingerprint density at radius 3 is 2.80 bits per heavy atom. The fourth-order valence-corrected chi connectivity index (χ4v) is 4.31. The molecule has 1 atom stereocenters. The van der Waals surface area contributed by atoms with Gasteiger partial charge in [-0.25, -0.2) is 12.8 Å². The van der Waals surface area contributed by atoms with Crippen molar-refractivity contribution in [2.75, 3.05) is 6.54 Å². The van der Waals surface area contributed by atoms with Crippen LogP contribution in [0.1, 0.15) is 32.6 Å². The Morgan fingerprint density at radius 1 is 1.40 bits per heavy atom. The van der Waals surface area contributed by atoms with E-state index in [2.05, 4.69) is 0 Å². The summed E-state index contributed by atoms with van der Waals surface area (Å²) in [6, 6.07) is 4.69. The molecule has 1 aromatic rings. The molecule has 0 spiro atoms. The van der Waals surface area contributed by atoms with E-state index in [0.29, 0.717) is 13.0 Å². The number of rotatable bonds is 4. The molecule has 110 valence electrons. The lowest BCUT2D eigenvalue weighted by atomic mass is 10.0. The monoisotopic (exact) mass is 299 g/mol. The molecule has 6 heteroatoms. The molecule has 0 saturated carbocycles. The Kier molecular flexibility index (Phi) is 4.55. The van der Waals surface area contributed by atoms with Gasteiger partial charge in [0.05, 0.1) is 4.90 Å². The Morgan fingerprint density at radius 2 is 2.15 bits per heavy atom. The number of carbonyl (C=O) groups excluding carboxylic acids is 1. The molecule has 1 saturated heterocycles. The van der Waals surface area contributed by atoms with Crippen LogP contribution in [-0.2, 0) is 14.8 Å². The van der Waals surface area contributed by atoms with Gasteiger partial charge in [0.2, 0.25) is 10.0 Å². The normalized spacial score (nSPS) is 20.8. The third kappa shape index (κ3) is 3.24. The number of sulfonamides is 1. The summed E-state index contributed by atoms with van der Waals surface area (Å²) in [6.45, 7) is 1.85. The van der Waals surface area contributed by atoms with Gasteiger partial charge >= 0.3 is 0 Å². The lowest BCUT2D eigenvalue weighted by Gasteiger charge is -2.34. The zero-order chi connectivity index (χ0) is 14.8. The van der Waals surface area contributed by atoms with Crippen molar-refractivity contribution in [3.8, 4) is 0 Å². The largest absolute Gasteiger partial charge is 0.300 e. The standard InChI is InChI=1S/C14H18FNO3S/c1-11(17)9-13-6-2-3-8-16(13)20(18,19)14-7-4-5-12(15)10-14/h4-5,7,10,13H,2-3,6,8-9H2,1H3. The number of benzene rings is 1. The highest BCUT2D eigenvalue weighted by Gasteiger charge is 2.34. The first-order valence-electron chi connectivity index (χ1n) is 6.68. The molecule has 0 aliphatic carbocycles.